The van der Waals surface area contributed by atoms with Crippen molar-refractivity contribution in [3.05, 3.63) is 77.2 Å². The topological polar surface area (TPSA) is 104 Å². The minimum Gasteiger partial charge on any atom is -0.443 e. The van der Waals surface area contributed by atoms with Crippen molar-refractivity contribution in [3.8, 4) is 22.8 Å². The highest BCUT2D eigenvalue weighted by Crippen LogP contribution is 2.69. The van der Waals surface area contributed by atoms with Crippen LogP contribution in [-0.2, 0) is 5.41 Å². The van der Waals surface area contributed by atoms with E-state index in [9.17, 15) is 8.78 Å². The number of halogens is 2. The Morgan fingerprint density at radius 1 is 1.09 bits per heavy atom. The first kappa shape index (κ1) is 21.9. The maximum absolute atomic E-state index is 14.5. The number of fused-ring (bicyclic) bond motifs is 5. The Balaban J connectivity index is 1.49. The second-order valence-electron chi connectivity index (χ2n) is 10.0. The van der Waals surface area contributed by atoms with Crippen molar-refractivity contribution in [2.75, 3.05) is 0 Å². The van der Waals surface area contributed by atoms with Crippen LogP contribution < -0.4 is 5.73 Å². The molecule has 178 valence electrons. The third-order valence-corrected chi connectivity index (χ3v) is 7.88. The zero-order valence-corrected chi connectivity index (χ0v) is 19.6. The second-order valence-corrected chi connectivity index (χ2v) is 10.0. The van der Waals surface area contributed by atoms with Crippen LogP contribution in [0.5, 0.6) is 0 Å². The first-order chi connectivity index (χ1) is 16.7. The quantitative estimate of drug-likeness (QED) is 0.439. The number of hydrogen-bond acceptors (Lipinski definition) is 7. The lowest BCUT2D eigenvalue weighted by atomic mass is 9.66. The number of aromatic nitrogens is 5. The smallest absolute Gasteiger partial charge is 0.246 e. The molecule has 2 N–H and O–H groups in total. The molecule has 4 aromatic rings. The minimum atomic E-state index is -0.660. The van der Waals surface area contributed by atoms with Crippen molar-refractivity contribution in [2.45, 2.75) is 51.0 Å². The van der Waals surface area contributed by atoms with Crippen molar-refractivity contribution in [2.24, 2.45) is 11.1 Å². The summed E-state index contributed by atoms with van der Waals surface area (Å²) in [6.45, 7) is 6.20. The van der Waals surface area contributed by atoms with E-state index < -0.39 is 17.0 Å². The highest BCUT2D eigenvalue weighted by molar-refractivity contribution is 5.64. The van der Waals surface area contributed by atoms with Gasteiger partial charge < -0.3 is 10.2 Å². The molecule has 2 aliphatic carbocycles. The lowest BCUT2D eigenvalue weighted by Crippen LogP contribution is -2.38. The molecule has 1 aromatic carbocycles. The third-order valence-electron chi connectivity index (χ3n) is 7.88. The SMILES string of the molecule is CC(N)c1coc(-c2cncc([C@@]34CC[C@@H](c5cc(-c6c(F)cccc6F)nnc53)C4(C)C)n2)n1. The second kappa shape index (κ2) is 7.45. The average Bonchev–Trinajstić information content (AvgIpc) is 3.48. The van der Waals surface area contributed by atoms with Gasteiger partial charge in [0.15, 0.2) is 0 Å². The Morgan fingerprint density at radius 2 is 1.86 bits per heavy atom. The van der Waals surface area contributed by atoms with Crippen LogP contribution in [0.15, 0.2) is 47.3 Å². The summed E-state index contributed by atoms with van der Waals surface area (Å²) in [5, 5.41) is 8.85. The van der Waals surface area contributed by atoms with Gasteiger partial charge in [-0.15, -0.1) is 5.10 Å². The molecule has 0 radical (unpaired) electrons. The van der Waals surface area contributed by atoms with E-state index in [1.807, 2.05) is 6.92 Å². The van der Waals surface area contributed by atoms with E-state index >= 15 is 0 Å². The molecule has 7 nitrogen and oxygen atoms in total. The first-order valence-electron chi connectivity index (χ1n) is 11.6. The van der Waals surface area contributed by atoms with Gasteiger partial charge in [-0.05, 0) is 54.9 Å². The van der Waals surface area contributed by atoms with Gasteiger partial charge >= 0.3 is 0 Å². The molecule has 3 atom stereocenters. The van der Waals surface area contributed by atoms with Crippen LogP contribution in [0, 0.1) is 17.0 Å². The zero-order valence-electron chi connectivity index (χ0n) is 19.6. The van der Waals surface area contributed by atoms with Crippen LogP contribution in [0.3, 0.4) is 0 Å². The highest BCUT2D eigenvalue weighted by Gasteiger charge is 2.65. The molecule has 35 heavy (non-hydrogen) atoms. The summed E-state index contributed by atoms with van der Waals surface area (Å²) in [7, 11) is 0. The molecule has 3 aromatic heterocycles. The Morgan fingerprint density at radius 3 is 2.57 bits per heavy atom. The van der Waals surface area contributed by atoms with Gasteiger partial charge in [0.25, 0.3) is 0 Å². The zero-order chi connectivity index (χ0) is 24.5. The van der Waals surface area contributed by atoms with Crippen molar-refractivity contribution in [1.29, 1.82) is 0 Å². The van der Waals surface area contributed by atoms with E-state index in [-0.39, 0.29) is 28.6 Å². The predicted octanol–water partition coefficient (Wildman–Crippen LogP) is 5.09. The van der Waals surface area contributed by atoms with E-state index in [0.29, 0.717) is 17.3 Å². The lowest BCUT2D eigenvalue weighted by molar-refractivity contribution is 0.242. The van der Waals surface area contributed by atoms with Crippen LogP contribution in [0.4, 0.5) is 8.78 Å². The Kier molecular flexibility index (Phi) is 4.67. The molecule has 0 amide bonds. The first-order valence-corrected chi connectivity index (χ1v) is 11.6. The molecule has 0 saturated heterocycles. The molecule has 3 heterocycles. The summed E-state index contributed by atoms with van der Waals surface area (Å²) >= 11 is 0. The molecule has 2 aliphatic rings. The van der Waals surface area contributed by atoms with Crippen molar-refractivity contribution >= 4 is 0 Å². The molecular formula is C26H24F2N6O. The number of hydrogen-bond donors (Lipinski definition) is 1. The molecule has 1 fully saturated rings. The van der Waals surface area contributed by atoms with E-state index in [2.05, 4.69) is 34.0 Å². The van der Waals surface area contributed by atoms with E-state index in [1.54, 1.807) is 18.5 Å². The molecular weight excluding hydrogens is 450 g/mol. The number of nitrogens with zero attached hydrogens (tertiary/aromatic N) is 5. The minimum absolute atomic E-state index is 0.137. The summed E-state index contributed by atoms with van der Waals surface area (Å²) in [6, 6.07) is 5.32. The number of rotatable bonds is 4. The molecule has 1 unspecified atom stereocenters. The number of oxazole rings is 1. The predicted molar refractivity (Wildman–Crippen MR) is 124 cm³/mol. The molecule has 0 aliphatic heterocycles. The summed E-state index contributed by atoms with van der Waals surface area (Å²) in [6.07, 6.45) is 6.60. The van der Waals surface area contributed by atoms with Crippen molar-refractivity contribution in [1.82, 2.24) is 25.1 Å². The largest absolute Gasteiger partial charge is 0.443 e. The highest BCUT2D eigenvalue weighted by atomic mass is 19.1. The van der Waals surface area contributed by atoms with Crippen LogP contribution in [-0.4, -0.2) is 25.1 Å². The normalized spacial score (nSPS) is 22.9. The Hall–Kier alpha value is -3.59. The summed E-state index contributed by atoms with van der Waals surface area (Å²) in [5.41, 5.74) is 8.78. The molecule has 9 heteroatoms. The summed E-state index contributed by atoms with van der Waals surface area (Å²) in [4.78, 5) is 13.8. The van der Waals surface area contributed by atoms with E-state index in [0.717, 1.165) is 29.8 Å². The lowest BCUT2D eigenvalue weighted by Gasteiger charge is -2.37. The summed E-state index contributed by atoms with van der Waals surface area (Å²) < 4.78 is 34.6. The van der Waals surface area contributed by atoms with Crippen LogP contribution in [0.1, 0.15) is 68.2 Å². The van der Waals surface area contributed by atoms with E-state index in [4.69, 9.17) is 15.1 Å². The Labute approximate surface area is 200 Å². The van der Waals surface area contributed by atoms with Gasteiger partial charge in [0.2, 0.25) is 5.89 Å². The molecule has 2 bridgehead atoms. The monoisotopic (exact) mass is 474 g/mol. The fourth-order valence-corrected chi connectivity index (χ4v) is 6.04. The van der Waals surface area contributed by atoms with Gasteiger partial charge in [0, 0.05) is 12.2 Å². The van der Waals surface area contributed by atoms with Gasteiger partial charge in [0.1, 0.15) is 23.6 Å². The number of benzene rings is 1. The van der Waals surface area contributed by atoms with Crippen molar-refractivity contribution in [3.63, 3.8) is 0 Å². The fourth-order valence-electron chi connectivity index (χ4n) is 6.04. The molecule has 0 spiro atoms. The van der Waals surface area contributed by atoms with Crippen molar-refractivity contribution < 1.29 is 13.2 Å². The number of nitrogens with two attached hydrogens (primary N) is 1. The maximum atomic E-state index is 14.5. The van der Waals surface area contributed by atoms with E-state index in [1.165, 1.54) is 24.5 Å². The van der Waals surface area contributed by atoms with Gasteiger partial charge in [-0.3, -0.25) is 4.98 Å². The molecule has 1 saturated carbocycles. The van der Waals surface area contributed by atoms with Crippen LogP contribution in [0.25, 0.3) is 22.8 Å². The average molecular weight is 475 g/mol. The fraction of sp³-hybridized carbons (Fsp3) is 0.346. The van der Waals surface area contributed by atoms with Crippen LogP contribution >= 0.6 is 0 Å². The van der Waals surface area contributed by atoms with Gasteiger partial charge in [0.05, 0.1) is 40.0 Å². The summed E-state index contributed by atoms with van der Waals surface area (Å²) in [5.74, 6) is -0.831. The van der Waals surface area contributed by atoms with Gasteiger partial charge in [-0.1, -0.05) is 19.9 Å². The van der Waals surface area contributed by atoms with Crippen LogP contribution in [0.2, 0.25) is 0 Å². The van der Waals surface area contributed by atoms with Gasteiger partial charge in [-0.25, -0.2) is 18.7 Å². The molecule has 6 rings (SSSR count). The Bertz CT molecular complexity index is 1450. The third kappa shape index (κ3) is 2.94. The standard InChI is InChI=1S/C26H24F2N6O/c1-13(29)20-12-35-24(32-20)19-10-30-11-21(31-19)26-8-7-15(25(26,2)3)14-9-18(33-34-23(14)26)22-16(27)5-4-6-17(22)28/h4-6,9-13,15H,7-8,29H2,1-3H3/t13?,15-,26-/m0/s1. The maximum Gasteiger partial charge on any atom is 0.246 e. The van der Waals surface area contributed by atoms with Gasteiger partial charge in [-0.2, -0.15) is 5.10 Å².